The van der Waals surface area contributed by atoms with E-state index >= 15 is 0 Å². The van der Waals surface area contributed by atoms with Gasteiger partial charge in [0.05, 0.1) is 19.3 Å². The molecule has 1 aliphatic rings. The fourth-order valence-corrected chi connectivity index (χ4v) is 2.33. The van der Waals surface area contributed by atoms with Gasteiger partial charge in [-0.15, -0.1) is 0 Å². The molecule has 0 spiro atoms. The fourth-order valence-electron chi connectivity index (χ4n) is 2.33. The molecule has 0 amide bonds. The molecule has 0 aliphatic carbocycles. The maximum absolute atomic E-state index is 5.86. The number of para-hydroxylation sites is 1. The van der Waals surface area contributed by atoms with Gasteiger partial charge in [0.1, 0.15) is 12.4 Å². The average Bonchev–Trinajstić information content (AvgIpc) is 2.52. The normalized spacial score (nSPS) is 22.6. The standard InChI is InChI=1S/C17H26O3/c1-2-3-11-18-12-15-9-10-17(19-13-15)14-20-16-7-5-4-6-8-16/h4-8,15,17H,2-3,9-14H2,1H3. The van der Waals surface area contributed by atoms with Crippen molar-refractivity contribution in [3.63, 3.8) is 0 Å². The van der Waals surface area contributed by atoms with E-state index < -0.39 is 0 Å². The van der Waals surface area contributed by atoms with E-state index in [0.29, 0.717) is 12.5 Å². The van der Waals surface area contributed by atoms with E-state index in [2.05, 4.69) is 6.92 Å². The van der Waals surface area contributed by atoms with Crippen molar-refractivity contribution >= 4 is 0 Å². The van der Waals surface area contributed by atoms with E-state index in [1.807, 2.05) is 30.3 Å². The van der Waals surface area contributed by atoms with E-state index in [-0.39, 0.29) is 6.10 Å². The Bertz CT molecular complexity index is 345. The molecule has 20 heavy (non-hydrogen) atoms. The molecule has 1 aliphatic heterocycles. The van der Waals surface area contributed by atoms with Crippen molar-refractivity contribution in [2.24, 2.45) is 5.92 Å². The maximum atomic E-state index is 5.86. The van der Waals surface area contributed by atoms with Crippen molar-refractivity contribution in [2.75, 3.05) is 26.4 Å². The molecule has 0 aromatic heterocycles. The molecule has 1 aromatic rings. The van der Waals surface area contributed by atoms with Gasteiger partial charge in [-0.25, -0.2) is 0 Å². The SMILES string of the molecule is CCCCOCC1CCC(COc2ccccc2)OC1. The average molecular weight is 278 g/mol. The molecule has 2 unspecified atom stereocenters. The molecule has 2 rings (SSSR count). The summed E-state index contributed by atoms with van der Waals surface area (Å²) in [5.41, 5.74) is 0. The molecule has 3 heteroatoms. The highest BCUT2D eigenvalue weighted by Gasteiger charge is 2.22. The zero-order valence-electron chi connectivity index (χ0n) is 12.4. The minimum absolute atomic E-state index is 0.224. The molecule has 0 saturated carbocycles. The van der Waals surface area contributed by atoms with Gasteiger partial charge in [0.2, 0.25) is 0 Å². The van der Waals surface area contributed by atoms with Gasteiger partial charge in [-0.2, -0.15) is 0 Å². The highest BCUT2D eigenvalue weighted by atomic mass is 16.5. The number of ether oxygens (including phenoxy) is 3. The molecule has 0 N–H and O–H groups in total. The largest absolute Gasteiger partial charge is 0.491 e. The molecule has 1 fully saturated rings. The Balaban J connectivity index is 1.57. The van der Waals surface area contributed by atoms with Crippen LogP contribution in [0.1, 0.15) is 32.6 Å². The summed E-state index contributed by atoms with van der Waals surface area (Å²) in [5, 5.41) is 0. The highest BCUT2D eigenvalue weighted by Crippen LogP contribution is 2.20. The second-order valence-corrected chi connectivity index (χ2v) is 5.45. The lowest BCUT2D eigenvalue weighted by Crippen LogP contribution is -2.32. The summed E-state index contributed by atoms with van der Waals surface area (Å²) in [7, 11) is 0. The Morgan fingerprint density at radius 1 is 1.15 bits per heavy atom. The van der Waals surface area contributed by atoms with Gasteiger partial charge in [0, 0.05) is 12.5 Å². The lowest BCUT2D eigenvalue weighted by atomic mass is 9.99. The molecule has 1 heterocycles. The molecule has 1 saturated heterocycles. The third-order valence-electron chi connectivity index (χ3n) is 3.64. The highest BCUT2D eigenvalue weighted by molar-refractivity contribution is 5.20. The predicted octanol–water partition coefficient (Wildman–Crippen LogP) is 3.68. The van der Waals surface area contributed by atoms with Crippen LogP contribution in [0.5, 0.6) is 5.75 Å². The number of benzene rings is 1. The van der Waals surface area contributed by atoms with Crippen LogP contribution in [0.15, 0.2) is 30.3 Å². The molecular formula is C17H26O3. The van der Waals surface area contributed by atoms with Gasteiger partial charge >= 0.3 is 0 Å². The smallest absolute Gasteiger partial charge is 0.119 e. The number of hydrogen-bond donors (Lipinski definition) is 0. The molecule has 0 bridgehead atoms. The Morgan fingerprint density at radius 3 is 2.70 bits per heavy atom. The lowest BCUT2D eigenvalue weighted by molar-refractivity contribution is -0.0576. The van der Waals surface area contributed by atoms with Crippen LogP contribution in [0, 0.1) is 5.92 Å². The van der Waals surface area contributed by atoms with E-state index in [4.69, 9.17) is 14.2 Å². The van der Waals surface area contributed by atoms with Crippen LogP contribution in [0.25, 0.3) is 0 Å². The zero-order chi connectivity index (χ0) is 14.0. The number of unbranched alkanes of at least 4 members (excludes halogenated alkanes) is 1. The van der Waals surface area contributed by atoms with E-state index in [9.17, 15) is 0 Å². The van der Waals surface area contributed by atoms with Crippen LogP contribution in [-0.2, 0) is 9.47 Å². The Hall–Kier alpha value is -1.06. The predicted molar refractivity (Wildman–Crippen MR) is 80.1 cm³/mol. The molecular weight excluding hydrogens is 252 g/mol. The van der Waals surface area contributed by atoms with Crippen LogP contribution < -0.4 is 4.74 Å². The van der Waals surface area contributed by atoms with Crippen LogP contribution in [-0.4, -0.2) is 32.5 Å². The van der Waals surface area contributed by atoms with Crippen LogP contribution >= 0.6 is 0 Å². The van der Waals surface area contributed by atoms with E-state index in [1.54, 1.807) is 0 Å². The summed E-state index contributed by atoms with van der Waals surface area (Å²) in [5.74, 6) is 1.47. The first-order chi connectivity index (χ1) is 9.88. The van der Waals surface area contributed by atoms with Gasteiger partial charge in [-0.1, -0.05) is 31.5 Å². The van der Waals surface area contributed by atoms with E-state index in [1.165, 1.54) is 12.8 Å². The van der Waals surface area contributed by atoms with Crippen molar-refractivity contribution < 1.29 is 14.2 Å². The van der Waals surface area contributed by atoms with Gasteiger partial charge in [-0.05, 0) is 31.4 Å². The minimum Gasteiger partial charge on any atom is -0.491 e. The Morgan fingerprint density at radius 2 is 2.00 bits per heavy atom. The Labute approximate surface area is 122 Å². The summed E-state index contributed by atoms with van der Waals surface area (Å²) >= 11 is 0. The topological polar surface area (TPSA) is 27.7 Å². The number of hydrogen-bond acceptors (Lipinski definition) is 3. The molecule has 112 valence electrons. The second-order valence-electron chi connectivity index (χ2n) is 5.45. The van der Waals surface area contributed by atoms with Crippen LogP contribution in [0.2, 0.25) is 0 Å². The minimum atomic E-state index is 0.224. The molecule has 2 atom stereocenters. The van der Waals surface area contributed by atoms with Crippen LogP contribution in [0.3, 0.4) is 0 Å². The van der Waals surface area contributed by atoms with Crippen molar-refractivity contribution in [3.8, 4) is 5.75 Å². The van der Waals surface area contributed by atoms with Gasteiger partial charge in [-0.3, -0.25) is 0 Å². The van der Waals surface area contributed by atoms with Gasteiger partial charge in [0.25, 0.3) is 0 Å². The summed E-state index contributed by atoms with van der Waals surface area (Å²) in [4.78, 5) is 0. The third-order valence-corrected chi connectivity index (χ3v) is 3.64. The van der Waals surface area contributed by atoms with Crippen molar-refractivity contribution in [1.82, 2.24) is 0 Å². The summed E-state index contributed by atoms with van der Waals surface area (Å²) in [6.45, 7) is 5.35. The second kappa shape index (κ2) is 8.98. The van der Waals surface area contributed by atoms with Gasteiger partial charge in [0.15, 0.2) is 0 Å². The van der Waals surface area contributed by atoms with Crippen molar-refractivity contribution in [3.05, 3.63) is 30.3 Å². The van der Waals surface area contributed by atoms with Gasteiger partial charge < -0.3 is 14.2 Å². The summed E-state index contributed by atoms with van der Waals surface area (Å²) in [6, 6.07) is 9.93. The molecule has 1 aromatic carbocycles. The maximum Gasteiger partial charge on any atom is 0.119 e. The summed E-state index contributed by atoms with van der Waals surface area (Å²) < 4.78 is 17.3. The van der Waals surface area contributed by atoms with Crippen LogP contribution in [0.4, 0.5) is 0 Å². The third kappa shape index (κ3) is 5.51. The van der Waals surface area contributed by atoms with E-state index in [0.717, 1.165) is 38.4 Å². The summed E-state index contributed by atoms with van der Waals surface area (Å²) in [6.07, 6.45) is 4.81. The first-order valence-electron chi connectivity index (χ1n) is 7.75. The first kappa shape index (κ1) is 15.3. The monoisotopic (exact) mass is 278 g/mol. The number of rotatable bonds is 8. The molecule has 0 radical (unpaired) electrons. The zero-order valence-corrected chi connectivity index (χ0v) is 12.4. The van der Waals surface area contributed by atoms with Crippen molar-refractivity contribution in [2.45, 2.75) is 38.7 Å². The Kier molecular flexibility index (Phi) is 6.89. The fraction of sp³-hybridized carbons (Fsp3) is 0.647. The van der Waals surface area contributed by atoms with Crippen molar-refractivity contribution in [1.29, 1.82) is 0 Å². The molecule has 3 nitrogen and oxygen atoms in total. The quantitative estimate of drug-likeness (QED) is 0.679. The first-order valence-corrected chi connectivity index (χ1v) is 7.75. The lowest BCUT2D eigenvalue weighted by Gasteiger charge is -2.28.